The molecule has 1 atom stereocenters. The molecule has 0 bridgehead atoms. The van der Waals surface area contributed by atoms with Gasteiger partial charge >= 0.3 is 6.03 Å². The molecule has 0 unspecified atom stereocenters. The lowest BCUT2D eigenvalue weighted by molar-refractivity contribution is -0.119. The highest BCUT2D eigenvalue weighted by molar-refractivity contribution is 8.00. The first-order valence-electron chi connectivity index (χ1n) is 9.24. The van der Waals surface area contributed by atoms with Crippen LogP contribution >= 0.6 is 23.1 Å². The Balaban J connectivity index is 1.80. The molecule has 146 valence electrons. The van der Waals surface area contributed by atoms with Crippen molar-refractivity contribution in [2.45, 2.75) is 61.9 Å². The molecule has 2 aromatic rings. The summed E-state index contributed by atoms with van der Waals surface area (Å²) in [5.41, 5.74) is 0. The Hall–Kier alpha value is -1.87. The van der Waals surface area contributed by atoms with E-state index in [9.17, 15) is 9.59 Å². The number of nitrogens with one attached hydrogen (secondary N) is 2. The first kappa shape index (κ1) is 19.9. The third-order valence-electron chi connectivity index (χ3n) is 4.70. The van der Waals surface area contributed by atoms with Gasteiger partial charge in [0.1, 0.15) is 5.82 Å². The van der Waals surface area contributed by atoms with Crippen LogP contribution in [0.2, 0.25) is 0 Å². The molecule has 0 radical (unpaired) electrons. The van der Waals surface area contributed by atoms with Crippen molar-refractivity contribution in [3.8, 4) is 0 Å². The summed E-state index contributed by atoms with van der Waals surface area (Å²) in [6.45, 7) is 1.78. The largest absolute Gasteiger partial charge is 0.341 e. The summed E-state index contributed by atoms with van der Waals surface area (Å²) < 4.78 is 2.23. The topological polar surface area (TPSA) is 88.9 Å². The standard InChI is InChI=1S/C18H25N5O2S2/c1-12(16(24)20-17(25)19-2)27-18-22-21-15(11-14-9-6-10-26-14)23(18)13-7-4-3-5-8-13/h6,9-10,12-13H,3-5,7-8,11H2,1-2H3,(H2,19,20,24,25)/t12-/m1/s1. The van der Waals surface area contributed by atoms with Gasteiger partial charge in [-0.1, -0.05) is 37.1 Å². The van der Waals surface area contributed by atoms with Crippen LogP contribution in [0.5, 0.6) is 0 Å². The van der Waals surface area contributed by atoms with E-state index in [1.165, 1.54) is 42.9 Å². The van der Waals surface area contributed by atoms with E-state index in [2.05, 4.69) is 36.8 Å². The number of carbonyl (C=O) groups excluding carboxylic acids is 2. The van der Waals surface area contributed by atoms with Crippen molar-refractivity contribution in [3.63, 3.8) is 0 Å². The van der Waals surface area contributed by atoms with Crippen molar-refractivity contribution in [1.82, 2.24) is 25.4 Å². The predicted molar refractivity (Wildman–Crippen MR) is 107 cm³/mol. The molecular weight excluding hydrogens is 382 g/mol. The maximum Gasteiger partial charge on any atom is 0.321 e. The first-order chi connectivity index (χ1) is 13.1. The highest BCUT2D eigenvalue weighted by Gasteiger charge is 2.26. The summed E-state index contributed by atoms with van der Waals surface area (Å²) in [6, 6.07) is 4.03. The number of amides is 3. The minimum Gasteiger partial charge on any atom is -0.341 e. The minimum absolute atomic E-state index is 0.336. The van der Waals surface area contributed by atoms with Crippen molar-refractivity contribution >= 4 is 35.0 Å². The van der Waals surface area contributed by atoms with E-state index in [4.69, 9.17) is 0 Å². The van der Waals surface area contributed by atoms with E-state index >= 15 is 0 Å². The van der Waals surface area contributed by atoms with Crippen LogP contribution in [0.4, 0.5) is 4.79 Å². The highest BCUT2D eigenvalue weighted by Crippen LogP contribution is 2.34. The Morgan fingerprint density at radius 2 is 2.11 bits per heavy atom. The van der Waals surface area contributed by atoms with E-state index in [1.807, 2.05) is 6.07 Å². The fourth-order valence-corrected chi connectivity index (χ4v) is 4.91. The van der Waals surface area contributed by atoms with Crippen LogP contribution in [0.3, 0.4) is 0 Å². The van der Waals surface area contributed by atoms with Crippen molar-refractivity contribution in [3.05, 3.63) is 28.2 Å². The van der Waals surface area contributed by atoms with E-state index < -0.39 is 11.3 Å². The molecule has 1 aliphatic carbocycles. The minimum atomic E-state index is -0.500. The van der Waals surface area contributed by atoms with E-state index in [0.717, 1.165) is 30.2 Å². The number of thiophene rings is 1. The molecule has 0 aromatic carbocycles. The first-order valence-corrected chi connectivity index (χ1v) is 11.0. The summed E-state index contributed by atoms with van der Waals surface area (Å²) in [6.07, 6.45) is 6.66. The van der Waals surface area contributed by atoms with Crippen LogP contribution < -0.4 is 10.6 Å². The summed E-state index contributed by atoms with van der Waals surface area (Å²) in [7, 11) is 1.48. The molecule has 7 nitrogen and oxygen atoms in total. The maximum absolute atomic E-state index is 12.2. The van der Waals surface area contributed by atoms with E-state index in [-0.39, 0.29) is 5.91 Å². The molecule has 0 aliphatic heterocycles. The van der Waals surface area contributed by atoms with Gasteiger partial charge in [-0.05, 0) is 31.2 Å². The SMILES string of the molecule is CNC(=O)NC(=O)[C@@H](C)Sc1nnc(Cc2cccs2)n1C1CCCCC1. The second-order valence-electron chi connectivity index (χ2n) is 6.65. The molecule has 3 rings (SSSR count). The van der Waals surface area contributed by atoms with Gasteiger partial charge in [0.15, 0.2) is 5.16 Å². The van der Waals surface area contributed by atoms with Crippen LogP contribution in [0.15, 0.2) is 22.7 Å². The Morgan fingerprint density at radius 1 is 1.33 bits per heavy atom. The molecule has 2 N–H and O–H groups in total. The van der Waals surface area contributed by atoms with Crippen LogP contribution in [0.1, 0.15) is 55.8 Å². The zero-order chi connectivity index (χ0) is 19.2. The lowest BCUT2D eigenvalue weighted by atomic mass is 9.95. The van der Waals surface area contributed by atoms with E-state index in [1.54, 1.807) is 18.3 Å². The normalized spacial score (nSPS) is 16.1. The smallest absolute Gasteiger partial charge is 0.321 e. The van der Waals surface area contributed by atoms with Gasteiger partial charge in [-0.3, -0.25) is 10.1 Å². The van der Waals surface area contributed by atoms with Gasteiger partial charge < -0.3 is 9.88 Å². The van der Waals surface area contributed by atoms with Crippen LogP contribution in [0.25, 0.3) is 0 Å². The Morgan fingerprint density at radius 3 is 2.78 bits per heavy atom. The average Bonchev–Trinajstić information content (AvgIpc) is 3.32. The maximum atomic E-state index is 12.2. The third-order valence-corrected chi connectivity index (χ3v) is 6.64. The molecule has 1 fully saturated rings. The van der Waals surface area contributed by atoms with Gasteiger partial charge in [0.05, 0.1) is 5.25 Å². The second-order valence-corrected chi connectivity index (χ2v) is 8.99. The number of carbonyl (C=O) groups is 2. The van der Waals surface area contributed by atoms with Gasteiger partial charge in [0.25, 0.3) is 0 Å². The van der Waals surface area contributed by atoms with Crippen LogP contribution in [0, 0.1) is 0 Å². The third kappa shape index (κ3) is 5.10. The van der Waals surface area contributed by atoms with E-state index in [0.29, 0.717) is 6.04 Å². The number of rotatable bonds is 6. The summed E-state index contributed by atoms with van der Waals surface area (Å²) >= 11 is 3.07. The van der Waals surface area contributed by atoms with Crippen molar-refractivity contribution < 1.29 is 9.59 Å². The fraction of sp³-hybridized carbons (Fsp3) is 0.556. The molecule has 1 saturated carbocycles. The predicted octanol–water partition coefficient (Wildman–Crippen LogP) is 3.37. The summed E-state index contributed by atoms with van der Waals surface area (Å²) in [5, 5.41) is 15.9. The molecular formula is C18H25N5O2S2. The highest BCUT2D eigenvalue weighted by atomic mass is 32.2. The zero-order valence-electron chi connectivity index (χ0n) is 15.6. The fourth-order valence-electron chi connectivity index (χ4n) is 3.27. The molecule has 9 heteroatoms. The Bertz CT molecular complexity index is 769. The molecule has 27 heavy (non-hydrogen) atoms. The quantitative estimate of drug-likeness (QED) is 0.717. The lowest BCUT2D eigenvalue weighted by Gasteiger charge is -2.26. The summed E-state index contributed by atoms with van der Waals surface area (Å²) in [4.78, 5) is 24.9. The van der Waals surface area contributed by atoms with Crippen molar-refractivity contribution in [2.24, 2.45) is 0 Å². The molecule has 0 saturated heterocycles. The number of imide groups is 1. The number of nitrogens with zero attached hydrogens (tertiary/aromatic N) is 3. The zero-order valence-corrected chi connectivity index (χ0v) is 17.2. The van der Waals surface area contributed by atoms with Crippen LogP contribution in [-0.4, -0.2) is 39.0 Å². The van der Waals surface area contributed by atoms with Crippen molar-refractivity contribution in [2.75, 3.05) is 7.05 Å². The molecule has 0 spiro atoms. The van der Waals surface area contributed by atoms with Crippen molar-refractivity contribution in [1.29, 1.82) is 0 Å². The van der Waals surface area contributed by atoms with Gasteiger partial charge in [-0.2, -0.15) is 0 Å². The average molecular weight is 408 g/mol. The lowest BCUT2D eigenvalue weighted by Crippen LogP contribution is -2.41. The Labute approximate surface area is 167 Å². The van der Waals surface area contributed by atoms with Gasteiger partial charge in [-0.25, -0.2) is 4.79 Å². The van der Waals surface area contributed by atoms with Gasteiger partial charge in [0, 0.05) is 24.4 Å². The number of aromatic nitrogens is 3. The second kappa shape index (κ2) is 9.36. The molecule has 2 aromatic heterocycles. The number of urea groups is 1. The molecule has 3 amide bonds. The number of hydrogen-bond acceptors (Lipinski definition) is 6. The summed E-state index contributed by atoms with van der Waals surface area (Å²) in [5.74, 6) is 0.614. The van der Waals surface area contributed by atoms with Crippen LogP contribution in [-0.2, 0) is 11.2 Å². The number of thioether (sulfide) groups is 1. The van der Waals surface area contributed by atoms with Gasteiger partial charge in [-0.15, -0.1) is 21.5 Å². The molecule has 1 aliphatic rings. The number of hydrogen-bond donors (Lipinski definition) is 2. The Kier molecular flexibility index (Phi) is 6.89. The monoisotopic (exact) mass is 407 g/mol. The van der Waals surface area contributed by atoms with Gasteiger partial charge in [0.2, 0.25) is 5.91 Å². The molecule has 2 heterocycles.